The second-order valence-electron chi connectivity index (χ2n) is 12.2. The van der Waals surface area contributed by atoms with E-state index in [2.05, 4.69) is 11.1 Å². The summed E-state index contributed by atoms with van der Waals surface area (Å²) in [5.74, 6) is -0.761. The number of unbranched alkanes of at least 4 members (excludes halogenated alkanes) is 2. The van der Waals surface area contributed by atoms with Crippen molar-refractivity contribution in [1.29, 1.82) is 0 Å². The van der Waals surface area contributed by atoms with E-state index < -0.39 is 24.3 Å². The smallest absolute Gasteiger partial charge is 0.303 e. The monoisotopic (exact) mass is 677 g/mol. The number of phenols is 1. The Hall–Kier alpha value is -5.25. The summed E-state index contributed by atoms with van der Waals surface area (Å²) >= 11 is 0. The third-order valence-electron chi connectivity index (χ3n) is 8.52. The van der Waals surface area contributed by atoms with Gasteiger partial charge in [-0.05, 0) is 73.1 Å². The van der Waals surface area contributed by atoms with Crippen molar-refractivity contribution < 1.29 is 39.1 Å². The number of carboxylic acids is 2. The normalized spacial score (nSPS) is 17.8. The molecule has 0 radical (unpaired) electrons. The number of hydrogen-bond donors (Lipinski definition) is 3. The molecule has 1 aliphatic rings. The van der Waals surface area contributed by atoms with Crippen molar-refractivity contribution in [3.05, 3.63) is 143 Å². The lowest BCUT2D eigenvalue weighted by molar-refractivity contribution is -0.244. The minimum Gasteiger partial charge on any atom is -0.508 e. The Labute approximate surface area is 292 Å². The lowest BCUT2D eigenvalue weighted by atomic mass is 9.91. The molecular weight excluding hydrogens is 634 g/mol. The predicted octanol–water partition coefficient (Wildman–Crippen LogP) is 8.66. The van der Waals surface area contributed by atoms with E-state index in [-0.39, 0.29) is 24.5 Å². The van der Waals surface area contributed by atoms with Gasteiger partial charge in [0.2, 0.25) is 0 Å². The molecule has 260 valence electrons. The molecule has 9 heteroatoms. The van der Waals surface area contributed by atoms with Crippen LogP contribution in [-0.2, 0) is 25.7 Å². The van der Waals surface area contributed by atoms with E-state index in [1.165, 1.54) is 0 Å². The molecule has 3 atom stereocenters. The summed E-state index contributed by atoms with van der Waals surface area (Å²) in [6.45, 7) is 0.786. The Kier molecular flexibility index (Phi) is 13.3. The van der Waals surface area contributed by atoms with Gasteiger partial charge >= 0.3 is 11.9 Å². The third-order valence-corrected chi connectivity index (χ3v) is 8.52. The zero-order chi connectivity index (χ0) is 35.1. The summed E-state index contributed by atoms with van der Waals surface area (Å²) in [7, 11) is 0. The van der Waals surface area contributed by atoms with Gasteiger partial charge in [-0.3, -0.25) is 14.6 Å². The Morgan fingerprint density at radius 2 is 1.62 bits per heavy atom. The minimum absolute atomic E-state index is 0.0561. The number of aromatic nitrogens is 1. The molecule has 3 aromatic carbocycles. The Bertz CT molecular complexity index is 1730. The standard InChI is InChI=1S/C41H43NO8/c43-37-14-8-7-13-36(37)40-33(10-3-1-5-15-38(44)45)28-49-41(50-40)31-19-17-29(18-20-31)27-48-34-23-21-30(22-24-34)35(32-11-9-25-42-26-32)12-4-2-6-16-39(46)47/h1,3,7-9,11-14,17-26,33,40-41,43H,2,4-6,10,15-16,27-28H2,(H,44,45)(H,46,47)/b3-1-,35-12+/t33-,40+,41+/m1/s1. The summed E-state index contributed by atoms with van der Waals surface area (Å²) in [5.41, 5.74) is 5.60. The first-order chi connectivity index (χ1) is 24.4. The number of benzene rings is 3. The number of carboxylic acid groups (broad SMARTS) is 2. The Balaban J connectivity index is 1.19. The topological polar surface area (TPSA) is 135 Å². The van der Waals surface area contributed by atoms with E-state index in [0.29, 0.717) is 38.0 Å². The molecule has 1 saturated heterocycles. The van der Waals surface area contributed by atoms with Gasteiger partial charge < -0.3 is 29.5 Å². The van der Waals surface area contributed by atoms with Crippen LogP contribution in [0.25, 0.3) is 5.57 Å². The average Bonchev–Trinajstić information content (AvgIpc) is 3.13. The van der Waals surface area contributed by atoms with Crippen molar-refractivity contribution in [2.24, 2.45) is 5.92 Å². The van der Waals surface area contributed by atoms with Crippen LogP contribution >= 0.6 is 0 Å². The maximum atomic E-state index is 10.9. The number of aliphatic carboxylic acids is 2. The number of nitrogens with zero attached hydrogens (tertiary/aromatic N) is 1. The quantitative estimate of drug-likeness (QED) is 0.0741. The molecule has 3 N–H and O–H groups in total. The molecule has 50 heavy (non-hydrogen) atoms. The van der Waals surface area contributed by atoms with Crippen LogP contribution in [0.5, 0.6) is 11.5 Å². The van der Waals surface area contributed by atoms with Gasteiger partial charge in [0.25, 0.3) is 0 Å². The number of aromatic hydroxyl groups is 1. The number of allylic oxidation sites excluding steroid dienone is 3. The fraction of sp³-hybridized carbons (Fsp3) is 0.293. The molecule has 9 nitrogen and oxygen atoms in total. The zero-order valence-corrected chi connectivity index (χ0v) is 27.9. The van der Waals surface area contributed by atoms with E-state index in [0.717, 1.165) is 46.4 Å². The van der Waals surface area contributed by atoms with Crippen molar-refractivity contribution in [3.8, 4) is 11.5 Å². The Morgan fingerprint density at radius 1 is 0.840 bits per heavy atom. The molecule has 1 fully saturated rings. The van der Waals surface area contributed by atoms with Gasteiger partial charge in [-0.2, -0.15) is 0 Å². The molecule has 2 heterocycles. The van der Waals surface area contributed by atoms with Crippen LogP contribution in [0.1, 0.15) is 85.2 Å². The molecule has 0 unspecified atom stereocenters. The summed E-state index contributed by atoms with van der Waals surface area (Å²) in [6, 6.07) is 26.9. The minimum atomic E-state index is -0.829. The molecule has 0 aliphatic carbocycles. The van der Waals surface area contributed by atoms with Gasteiger partial charge in [-0.25, -0.2) is 0 Å². The number of para-hydroxylation sites is 1. The van der Waals surface area contributed by atoms with Crippen LogP contribution in [-0.4, -0.2) is 38.8 Å². The predicted molar refractivity (Wildman–Crippen MR) is 189 cm³/mol. The maximum absolute atomic E-state index is 10.9. The number of carbonyl (C=O) groups is 2. The second kappa shape index (κ2) is 18.5. The van der Waals surface area contributed by atoms with Gasteiger partial charge in [0.15, 0.2) is 6.29 Å². The summed E-state index contributed by atoms with van der Waals surface area (Å²) in [6.07, 6.45) is 12.0. The van der Waals surface area contributed by atoms with Gasteiger partial charge in [0.05, 0.1) is 12.7 Å². The van der Waals surface area contributed by atoms with Crippen LogP contribution < -0.4 is 4.74 Å². The number of pyridine rings is 1. The van der Waals surface area contributed by atoms with Gasteiger partial charge in [-0.1, -0.05) is 78.9 Å². The van der Waals surface area contributed by atoms with E-state index in [1.807, 2.05) is 91.1 Å². The summed E-state index contributed by atoms with van der Waals surface area (Å²) in [4.78, 5) is 26.0. The molecule has 1 aliphatic heterocycles. The first-order valence-corrected chi connectivity index (χ1v) is 16.9. The van der Waals surface area contributed by atoms with Crippen molar-refractivity contribution in [2.75, 3.05) is 6.61 Å². The number of hydrogen-bond acceptors (Lipinski definition) is 7. The average molecular weight is 678 g/mol. The number of ether oxygens (including phenoxy) is 3. The van der Waals surface area contributed by atoms with E-state index in [4.69, 9.17) is 24.4 Å². The lowest BCUT2D eigenvalue weighted by Crippen LogP contribution is -2.30. The molecule has 0 amide bonds. The highest BCUT2D eigenvalue weighted by Crippen LogP contribution is 2.42. The first-order valence-electron chi connectivity index (χ1n) is 16.9. The highest BCUT2D eigenvalue weighted by molar-refractivity contribution is 5.79. The molecule has 4 aromatic rings. The number of rotatable bonds is 17. The molecule has 0 spiro atoms. The van der Waals surface area contributed by atoms with E-state index >= 15 is 0 Å². The van der Waals surface area contributed by atoms with Gasteiger partial charge in [0, 0.05) is 47.8 Å². The molecular formula is C41H43NO8. The van der Waals surface area contributed by atoms with Gasteiger partial charge in [-0.15, -0.1) is 0 Å². The fourth-order valence-corrected chi connectivity index (χ4v) is 5.86. The van der Waals surface area contributed by atoms with Crippen LogP contribution in [0.2, 0.25) is 0 Å². The van der Waals surface area contributed by atoms with Crippen LogP contribution in [0.4, 0.5) is 0 Å². The highest BCUT2D eigenvalue weighted by atomic mass is 16.7. The fourth-order valence-electron chi connectivity index (χ4n) is 5.86. The van der Waals surface area contributed by atoms with E-state index in [9.17, 15) is 14.7 Å². The van der Waals surface area contributed by atoms with Crippen LogP contribution in [0.15, 0.2) is 116 Å². The van der Waals surface area contributed by atoms with Crippen molar-refractivity contribution in [3.63, 3.8) is 0 Å². The molecule has 5 rings (SSSR count). The second-order valence-corrected chi connectivity index (χ2v) is 12.2. The summed E-state index contributed by atoms with van der Waals surface area (Å²) < 4.78 is 18.7. The van der Waals surface area contributed by atoms with Gasteiger partial charge in [0.1, 0.15) is 18.1 Å². The highest BCUT2D eigenvalue weighted by Gasteiger charge is 2.34. The van der Waals surface area contributed by atoms with Crippen LogP contribution in [0, 0.1) is 5.92 Å². The lowest BCUT2D eigenvalue weighted by Gasteiger charge is -2.37. The molecule has 0 saturated carbocycles. The summed E-state index contributed by atoms with van der Waals surface area (Å²) in [5, 5.41) is 28.4. The van der Waals surface area contributed by atoms with Crippen molar-refractivity contribution in [2.45, 2.75) is 63.9 Å². The number of phenolic OH excluding ortho intramolecular Hbond substituents is 1. The molecule has 1 aromatic heterocycles. The SMILES string of the molecule is O=C(O)CC/C=C\C[C@@H]1CO[C@H](c2ccc(COc3ccc(/C(=C\CCCCC(=O)O)c4cccnc4)cc3)cc2)O[C@@H]1c1ccccc1O. The van der Waals surface area contributed by atoms with Crippen molar-refractivity contribution >= 4 is 17.5 Å². The van der Waals surface area contributed by atoms with E-state index in [1.54, 1.807) is 18.3 Å². The zero-order valence-electron chi connectivity index (χ0n) is 27.9. The largest absolute Gasteiger partial charge is 0.508 e. The molecule has 0 bridgehead atoms. The Morgan fingerprint density at radius 3 is 2.34 bits per heavy atom. The first kappa shape index (κ1) is 36.0. The third kappa shape index (κ3) is 10.6. The van der Waals surface area contributed by atoms with Crippen LogP contribution in [0.3, 0.4) is 0 Å². The van der Waals surface area contributed by atoms with Crippen molar-refractivity contribution in [1.82, 2.24) is 4.98 Å². The maximum Gasteiger partial charge on any atom is 0.303 e.